The summed E-state index contributed by atoms with van der Waals surface area (Å²) in [4.78, 5) is 29.6. The van der Waals surface area contributed by atoms with Crippen molar-refractivity contribution in [3.05, 3.63) is 64.9 Å². The number of methoxy groups -OCH3 is 1. The number of rotatable bonds is 9. The van der Waals surface area contributed by atoms with Crippen molar-refractivity contribution >= 4 is 39.2 Å². The van der Waals surface area contributed by atoms with Crippen LogP contribution in [-0.2, 0) is 27.7 Å². The van der Waals surface area contributed by atoms with Crippen LogP contribution >= 0.6 is 0 Å². The van der Waals surface area contributed by atoms with Gasteiger partial charge in [0.05, 0.1) is 22.8 Å². The van der Waals surface area contributed by atoms with Crippen LogP contribution in [0.5, 0.6) is 0 Å². The molecular weight excluding hydrogens is 612 g/mol. The number of nitrogens with zero attached hydrogens (tertiary/aromatic N) is 5. The van der Waals surface area contributed by atoms with Gasteiger partial charge in [-0.1, -0.05) is 0 Å². The van der Waals surface area contributed by atoms with Gasteiger partial charge >= 0.3 is 6.09 Å². The van der Waals surface area contributed by atoms with E-state index in [0.29, 0.717) is 35.2 Å². The van der Waals surface area contributed by atoms with Crippen LogP contribution in [0, 0.1) is 11.6 Å². The molecule has 3 N–H and O–H groups in total. The molecule has 0 saturated carbocycles. The first-order valence-corrected chi connectivity index (χ1v) is 15.8. The summed E-state index contributed by atoms with van der Waals surface area (Å²) >= 11 is 0. The molecule has 242 valence electrons. The molecule has 0 radical (unpaired) electrons. The molecule has 5 rings (SSSR count). The first-order chi connectivity index (χ1) is 21.4. The van der Waals surface area contributed by atoms with Crippen molar-refractivity contribution in [3.8, 4) is 0 Å². The Kier molecular flexibility index (Phi) is 9.38. The lowest BCUT2D eigenvalue weighted by atomic mass is 10.1. The van der Waals surface area contributed by atoms with Crippen LogP contribution in [0.15, 0.2) is 41.3 Å². The van der Waals surface area contributed by atoms with Crippen LogP contribution in [0.25, 0.3) is 0 Å². The predicted molar refractivity (Wildman–Crippen MR) is 162 cm³/mol. The number of carbonyl (C=O) groups excluding carboxylic acids is 1. The number of fused-ring (bicyclic) bond motifs is 1. The number of carboxylic acid groups (broad SMARTS) is 1. The maximum absolute atomic E-state index is 13.9. The second kappa shape index (κ2) is 13.1. The van der Waals surface area contributed by atoms with E-state index in [9.17, 15) is 31.9 Å². The van der Waals surface area contributed by atoms with Crippen molar-refractivity contribution in [2.75, 3.05) is 69.0 Å². The lowest BCUT2D eigenvalue weighted by molar-refractivity contribution is 0.102. The standard InChI is InChI=1S/C29H35F2N7O6S/c1-18(17-44-3)32-25-15-21(36-10-8-35(2)9-11-36)4-5-23(25)28(39)33-27-24-16-37(7-6-26(24)38(34-27)29(40)41)45(42,43)22-13-19(30)12-20(31)14-22/h4-5,12-15,18,32H,6-11,16-17H2,1-3H3,(H,40,41)(H,33,34,39)/t18-/m1/s1. The normalized spacial score (nSPS) is 16.7. The summed E-state index contributed by atoms with van der Waals surface area (Å²) in [5.41, 5.74) is 2.07. The molecule has 1 amide bonds. The van der Waals surface area contributed by atoms with E-state index in [-0.39, 0.29) is 48.2 Å². The Morgan fingerprint density at radius 2 is 1.76 bits per heavy atom. The van der Waals surface area contributed by atoms with Gasteiger partial charge in [-0.25, -0.2) is 22.0 Å². The number of piperazine rings is 1. The van der Waals surface area contributed by atoms with Crippen LogP contribution in [0.2, 0.25) is 0 Å². The number of ether oxygens (including phenoxy) is 1. The highest BCUT2D eigenvalue weighted by atomic mass is 32.2. The average Bonchev–Trinajstić information content (AvgIpc) is 3.35. The lowest BCUT2D eigenvalue weighted by Crippen LogP contribution is -2.44. The van der Waals surface area contributed by atoms with Gasteiger partial charge in [-0.15, -0.1) is 5.10 Å². The molecule has 3 heterocycles. The number of carbonyl (C=O) groups is 2. The van der Waals surface area contributed by atoms with E-state index in [2.05, 4.69) is 32.6 Å². The third-order valence-electron chi connectivity index (χ3n) is 7.84. The van der Waals surface area contributed by atoms with Crippen molar-refractivity contribution in [1.82, 2.24) is 19.0 Å². The topological polar surface area (TPSA) is 149 Å². The number of nitrogens with one attached hydrogen (secondary N) is 2. The fraction of sp³-hybridized carbons (Fsp3) is 0.414. The first kappa shape index (κ1) is 32.3. The highest BCUT2D eigenvalue weighted by molar-refractivity contribution is 7.89. The lowest BCUT2D eigenvalue weighted by Gasteiger charge is -2.34. The minimum Gasteiger partial charge on any atom is -0.463 e. The SMILES string of the molecule is COC[C@@H](C)Nc1cc(N2CCN(C)CC2)ccc1C(=O)Nc1nn(C(=O)O)c2c1CN(S(=O)(=O)c1cc(F)cc(F)c1)CC2. The van der Waals surface area contributed by atoms with Gasteiger partial charge in [0.1, 0.15) is 11.6 Å². The molecule has 3 aromatic rings. The van der Waals surface area contributed by atoms with Crippen LogP contribution in [-0.4, -0.2) is 104 Å². The number of hydrogen-bond donors (Lipinski definition) is 3. The van der Waals surface area contributed by atoms with Crippen molar-refractivity contribution in [2.24, 2.45) is 0 Å². The summed E-state index contributed by atoms with van der Waals surface area (Å²) in [5.74, 6) is -2.85. The van der Waals surface area contributed by atoms with E-state index in [4.69, 9.17) is 4.74 Å². The van der Waals surface area contributed by atoms with Crippen LogP contribution in [0.3, 0.4) is 0 Å². The molecule has 0 spiro atoms. The Morgan fingerprint density at radius 3 is 2.40 bits per heavy atom. The Morgan fingerprint density at radius 1 is 1.07 bits per heavy atom. The highest BCUT2D eigenvalue weighted by Gasteiger charge is 2.35. The number of benzene rings is 2. The number of sulfonamides is 1. The predicted octanol–water partition coefficient (Wildman–Crippen LogP) is 2.89. The monoisotopic (exact) mass is 647 g/mol. The van der Waals surface area contributed by atoms with Gasteiger partial charge in [-0.3, -0.25) is 4.79 Å². The van der Waals surface area contributed by atoms with Gasteiger partial charge in [0.15, 0.2) is 5.82 Å². The van der Waals surface area contributed by atoms with E-state index in [1.807, 2.05) is 19.1 Å². The number of hydrogen-bond acceptors (Lipinski definition) is 9. The minimum atomic E-state index is -4.38. The molecule has 0 aliphatic carbocycles. The van der Waals surface area contributed by atoms with Crippen LogP contribution in [0.1, 0.15) is 28.5 Å². The van der Waals surface area contributed by atoms with Gasteiger partial charge < -0.3 is 30.3 Å². The molecular formula is C29H35F2N7O6S. The van der Waals surface area contributed by atoms with Crippen LogP contribution in [0.4, 0.5) is 30.8 Å². The Labute approximate surface area is 259 Å². The summed E-state index contributed by atoms with van der Waals surface area (Å²) in [7, 11) is -0.744. The number of likely N-dealkylation sites (N-methyl/N-ethyl adjacent to an activating group) is 1. The van der Waals surface area contributed by atoms with E-state index in [0.717, 1.165) is 36.2 Å². The minimum absolute atomic E-state index is 0.0669. The number of anilines is 3. The molecule has 13 nitrogen and oxygen atoms in total. The van der Waals surface area contributed by atoms with Gasteiger partial charge in [0.2, 0.25) is 10.0 Å². The third kappa shape index (κ3) is 6.93. The van der Waals surface area contributed by atoms with Gasteiger partial charge in [-0.2, -0.15) is 8.99 Å². The number of aromatic nitrogens is 2. The largest absolute Gasteiger partial charge is 0.463 e. The fourth-order valence-corrected chi connectivity index (χ4v) is 6.98. The quantitative estimate of drug-likeness (QED) is 0.317. The van der Waals surface area contributed by atoms with Crippen molar-refractivity contribution < 1.29 is 36.6 Å². The molecule has 2 aliphatic heterocycles. The van der Waals surface area contributed by atoms with Gasteiger partial charge in [-0.05, 0) is 44.3 Å². The molecule has 1 atom stereocenters. The van der Waals surface area contributed by atoms with E-state index in [1.165, 1.54) is 0 Å². The van der Waals surface area contributed by atoms with Crippen LogP contribution < -0.4 is 15.5 Å². The Balaban J connectivity index is 1.46. The highest BCUT2D eigenvalue weighted by Crippen LogP contribution is 2.32. The number of halogens is 2. The van der Waals surface area contributed by atoms with Gasteiger partial charge in [0.25, 0.3) is 5.91 Å². The van der Waals surface area contributed by atoms with E-state index >= 15 is 0 Å². The molecule has 45 heavy (non-hydrogen) atoms. The molecule has 1 fully saturated rings. The summed E-state index contributed by atoms with van der Waals surface area (Å²) in [6.07, 6.45) is -1.48. The zero-order valence-electron chi connectivity index (χ0n) is 25.1. The van der Waals surface area contributed by atoms with Gasteiger partial charge in [0, 0.05) is 81.8 Å². The average molecular weight is 648 g/mol. The Hall–Kier alpha value is -4.12. The maximum Gasteiger partial charge on any atom is 0.432 e. The molecule has 0 bridgehead atoms. The molecule has 1 saturated heterocycles. The third-order valence-corrected chi connectivity index (χ3v) is 9.67. The van der Waals surface area contributed by atoms with Crippen molar-refractivity contribution in [1.29, 1.82) is 0 Å². The summed E-state index contributed by atoms with van der Waals surface area (Å²) in [6, 6.07) is 7.21. The molecule has 0 unspecified atom stereocenters. The summed E-state index contributed by atoms with van der Waals surface area (Å²) < 4.78 is 61.3. The number of amides is 1. The second-order valence-corrected chi connectivity index (χ2v) is 13.1. The zero-order chi connectivity index (χ0) is 32.5. The first-order valence-electron chi connectivity index (χ1n) is 14.3. The van der Waals surface area contributed by atoms with Crippen molar-refractivity contribution in [2.45, 2.75) is 30.8 Å². The van der Waals surface area contributed by atoms with E-state index < -0.39 is 38.6 Å². The Bertz CT molecular complexity index is 1690. The molecule has 1 aromatic heterocycles. The molecule has 2 aromatic carbocycles. The maximum atomic E-state index is 13.9. The molecule has 2 aliphatic rings. The zero-order valence-corrected chi connectivity index (χ0v) is 25.9. The fourth-order valence-electron chi connectivity index (χ4n) is 5.53. The molecule has 16 heteroatoms. The van der Waals surface area contributed by atoms with Crippen molar-refractivity contribution in [3.63, 3.8) is 0 Å². The summed E-state index contributed by atoms with van der Waals surface area (Å²) in [6.45, 7) is 5.14. The smallest absolute Gasteiger partial charge is 0.432 e. The summed E-state index contributed by atoms with van der Waals surface area (Å²) in [5, 5.41) is 19.9. The second-order valence-electron chi connectivity index (χ2n) is 11.1. The van der Waals surface area contributed by atoms with E-state index in [1.54, 1.807) is 13.2 Å².